The minimum absolute atomic E-state index is 0.0220. The fourth-order valence-corrected chi connectivity index (χ4v) is 12.0. The van der Waals surface area contributed by atoms with E-state index in [4.69, 9.17) is 33.0 Å². The van der Waals surface area contributed by atoms with Gasteiger partial charge in [-0.3, -0.25) is 9.97 Å². The van der Waals surface area contributed by atoms with Gasteiger partial charge in [-0.15, -0.1) is 0 Å². The molecule has 10 rings (SSSR count). The molecule has 21 heteroatoms. The molecule has 0 radical (unpaired) electrons. The number of anilines is 2. The number of ether oxygens (including phenoxy) is 1. The van der Waals surface area contributed by atoms with Crippen LogP contribution < -0.4 is 14.5 Å². The van der Waals surface area contributed by atoms with E-state index in [1.165, 1.54) is 70.7 Å². The molecule has 6 heterocycles. The van der Waals surface area contributed by atoms with Crippen LogP contribution in [0, 0.1) is 57.2 Å². The van der Waals surface area contributed by atoms with Gasteiger partial charge in [0.1, 0.15) is 22.7 Å². The summed E-state index contributed by atoms with van der Waals surface area (Å²) in [6.45, 7) is 11.8. The van der Waals surface area contributed by atoms with Crippen molar-refractivity contribution in [3.63, 3.8) is 0 Å². The summed E-state index contributed by atoms with van der Waals surface area (Å²) in [6.07, 6.45) is 4.55. The zero-order valence-corrected chi connectivity index (χ0v) is 45.4. The number of rotatable bonds is 8. The van der Waals surface area contributed by atoms with Crippen molar-refractivity contribution in [2.75, 3.05) is 36.1 Å². The Morgan fingerprint density at radius 2 is 0.974 bits per heavy atom. The summed E-state index contributed by atoms with van der Waals surface area (Å²) in [5.74, 6) is -0.430. The maximum Gasteiger partial charge on any atom is 0.418 e. The molecule has 2 saturated heterocycles. The van der Waals surface area contributed by atoms with Gasteiger partial charge in [-0.1, -0.05) is 48.9 Å². The SMILES string of the molecule is Cc1cc(C)c(C(F)(F)F)c(-c2c(Cl)cc3c(N4CCCC[C@@H]4C)nc(F)nc3c2F)n1.Cc1cc(C)c(C(F)(F)F)c(-c2c(Cl)cc3c(N4CCCC[C@@H]4C)nc(OCC4CCCC4)nc3c2F)n1.OCC1CCCC1. The fraction of sp³-hybridized carbons (Fsp3) is 0.536. The molecule has 10 nitrogen and oxygen atoms in total. The van der Waals surface area contributed by atoms with Gasteiger partial charge in [0.2, 0.25) is 0 Å². The topological polar surface area (TPSA) is 113 Å². The van der Waals surface area contributed by atoms with E-state index in [9.17, 15) is 30.7 Å². The highest BCUT2D eigenvalue weighted by Gasteiger charge is 2.40. The number of aliphatic hydroxyl groups excluding tert-OH is 1. The highest BCUT2D eigenvalue weighted by atomic mass is 35.5. The van der Waals surface area contributed by atoms with E-state index >= 15 is 8.78 Å². The lowest BCUT2D eigenvalue weighted by atomic mass is 9.98. The molecule has 0 unspecified atom stereocenters. The first-order chi connectivity index (χ1) is 36.5. The Labute approximate surface area is 452 Å². The third-order valence-corrected chi connectivity index (χ3v) is 15.8. The number of aliphatic hydroxyl groups is 1. The summed E-state index contributed by atoms with van der Waals surface area (Å²) in [5.41, 5.74) is -4.42. The van der Waals surface area contributed by atoms with Crippen LogP contribution >= 0.6 is 23.2 Å². The second-order valence-corrected chi connectivity index (χ2v) is 21.8. The fourth-order valence-electron chi connectivity index (χ4n) is 11.4. The Morgan fingerprint density at radius 3 is 1.39 bits per heavy atom. The first kappa shape index (κ1) is 57.9. The lowest BCUT2D eigenvalue weighted by Crippen LogP contribution is -2.38. The summed E-state index contributed by atoms with van der Waals surface area (Å²) in [4.78, 5) is 28.5. The van der Waals surface area contributed by atoms with Gasteiger partial charge < -0.3 is 19.6 Å². The minimum Gasteiger partial charge on any atom is -0.463 e. The zero-order chi connectivity index (χ0) is 55.7. The van der Waals surface area contributed by atoms with E-state index in [0.717, 1.165) is 64.2 Å². The lowest BCUT2D eigenvalue weighted by Gasteiger charge is -2.35. The Hall–Kier alpha value is -5.27. The van der Waals surface area contributed by atoms with Crippen molar-refractivity contribution in [2.24, 2.45) is 11.8 Å². The first-order valence-electron chi connectivity index (χ1n) is 26.4. The number of pyridine rings is 2. The van der Waals surface area contributed by atoms with Crippen molar-refractivity contribution in [2.45, 2.75) is 156 Å². The van der Waals surface area contributed by atoms with Crippen LogP contribution in [-0.2, 0) is 12.4 Å². The molecule has 2 aromatic carbocycles. The summed E-state index contributed by atoms with van der Waals surface area (Å²) in [6, 6.07) is 5.54. The van der Waals surface area contributed by atoms with Crippen molar-refractivity contribution in [1.82, 2.24) is 29.9 Å². The number of aromatic nitrogens is 6. The standard InChI is InChI=1S/C28H31ClF4N4O.C22H20ClF5N4.C6H12O/c1-15-12-16(2)34-25(22(15)28(31,32)33)21-20(29)13-19-24(23(21)30)35-27(38-14-18-9-4-5-10-18)36-26(19)37-11-7-6-8-17(37)3;1-10-8-11(2)29-19(16(10)22(26,27)28)15-14(23)9-13-18(17(15)24)30-21(25)31-20(13)32-7-5-4-6-12(32)3;7-5-6-3-1-2-4-6/h12-13,17-18H,4-11,14H2,1-3H3;8-9,12H,4-7H2,1-3H3;6-7H,1-5H2/t17-;12-;/m00./s1. The predicted molar refractivity (Wildman–Crippen MR) is 282 cm³/mol. The third kappa shape index (κ3) is 12.8. The van der Waals surface area contributed by atoms with Crippen LogP contribution in [0.1, 0.15) is 137 Å². The molecular weight excluding hydrogens is 1060 g/mol. The minimum atomic E-state index is -4.80. The monoisotopic (exact) mass is 1120 g/mol. The van der Waals surface area contributed by atoms with E-state index in [0.29, 0.717) is 55.0 Å². The molecule has 4 aliphatic rings. The number of fused-ring (bicyclic) bond motifs is 2. The van der Waals surface area contributed by atoms with Crippen molar-refractivity contribution >= 4 is 56.6 Å². The van der Waals surface area contributed by atoms with E-state index in [1.54, 1.807) is 6.92 Å². The number of hydrogen-bond acceptors (Lipinski definition) is 10. The highest BCUT2D eigenvalue weighted by molar-refractivity contribution is 6.35. The quantitative estimate of drug-likeness (QED) is 0.117. The lowest BCUT2D eigenvalue weighted by molar-refractivity contribution is -0.138. The molecule has 77 heavy (non-hydrogen) atoms. The van der Waals surface area contributed by atoms with Gasteiger partial charge in [0, 0.05) is 53.9 Å². The van der Waals surface area contributed by atoms with Gasteiger partial charge in [-0.2, -0.15) is 50.7 Å². The van der Waals surface area contributed by atoms with Gasteiger partial charge >= 0.3 is 24.4 Å². The summed E-state index contributed by atoms with van der Waals surface area (Å²) in [5, 5.41) is 8.60. The Bertz CT molecular complexity index is 3110. The van der Waals surface area contributed by atoms with Gasteiger partial charge in [0.15, 0.2) is 11.6 Å². The smallest absolute Gasteiger partial charge is 0.418 e. The number of nitrogens with zero attached hydrogens (tertiary/aromatic N) is 8. The second kappa shape index (κ2) is 24.0. The molecule has 0 spiro atoms. The van der Waals surface area contributed by atoms with Crippen LogP contribution in [0.2, 0.25) is 10.0 Å². The molecule has 2 aliphatic heterocycles. The van der Waals surface area contributed by atoms with Gasteiger partial charge in [-0.25, -0.2) is 8.78 Å². The Morgan fingerprint density at radius 1 is 0.558 bits per heavy atom. The molecule has 2 atom stereocenters. The van der Waals surface area contributed by atoms with Crippen molar-refractivity contribution in [1.29, 1.82) is 0 Å². The maximum atomic E-state index is 16.4. The van der Waals surface area contributed by atoms with Crippen LogP contribution in [-0.4, -0.2) is 73.4 Å². The Balaban J connectivity index is 0.000000182. The molecule has 4 fully saturated rings. The van der Waals surface area contributed by atoms with Crippen LogP contribution in [0.15, 0.2) is 24.3 Å². The summed E-state index contributed by atoms with van der Waals surface area (Å²) >= 11 is 12.9. The third-order valence-electron chi connectivity index (χ3n) is 15.2. The molecule has 1 N–H and O–H groups in total. The summed E-state index contributed by atoms with van der Waals surface area (Å²) < 4.78 is 136. The van der Waals surface area contributed by atoms with Crippen LogP contribution in [0.3, 0.4) is 0 Å². The van der Waals surface area contributed by atoms with Gasteiger partial charge in [0.25, 0.3) is 0 Å². The molecule has 6 aromatic rings. The van der Waals surface area contributed by atoms with Crippen molar-refractivity contribution in [3.05, 3.63) is 85.7 Å². The number of piperidine rings is 2. The number of alkyl halides is 6. The molecular formula is C56H63Cl2F9N8O2. The molecule has 2 aliphatic carbocycles. The number of benzene rings is 2. The average molecular weight is 1120 g/mol. The van der Waals surface area contributed by atoms with E-state index in [1.807, 2.05) is 11.8 Å². The van der Waals surface area contributed by atoms with Gasteiger partial charge in [-0.05, 0) is 153 Å². The van der Waals surface area contributed by atoms with E-state index in [2.05, 4.69) is 41.7 Å². The van der Waals surface area contributed by atoms with Crippen molar-refractivity contribution in [3.8, 4) is 28.5 Å². The van der Waals surface area contributed by atoms with E-state index in [-0.39, 0.29) is 61.7 Å². The van der Waals surface area contributed by atoms with Crippen LogP contribution in [0.25, 0.3) is 44.3 Å². The van der Waals surface area contributed by atoms with Crippen LogP contribution in [0.5, 0.6) is 6.01 Å². The average Bonchev–Trinajstić information content (AvgIpc) is 4.22. The number of aryl methyl sites for hydroxylation is 4. The predicted octanol–water partition coefficient (Wildman–Crippen LogP) is 15.9. The largest absolute Gasteiger partial charge is 0.463 e. The summed E-state index contributed by atoms with van der Waals surface area (Å²) in [7, 11) is 0. The molecule has 0 bridgehead atoms. The zero-order valence-electron chi connectivity index (χ0n) is 43.9. The second-order valence-electron chi connectivity index (χ2n) is 21.0. The van der Waals surface area contributed by atoms with Gasteiger partial charge in [0.05, 0.1) is 50.3 Å². The van der Waals surface area contributed by atoms with E-state index < -0.39 is 69.2 Å². The van der Waals surface area contributed by atoms with Crippen molar-refractivity contribution < 1.29 is 49.4 Å². The molecule has 416 valence electrons. The normalized spacial score (nSPS) is 18.7. The molecule has 2 saturated carbocycles. The molecule has 4 aromatic heterocycles. The maximum absolute atomic E-state index is 16.4. The Kier molecular flexibility index (Phi) is 18.0. The number of hydrogen-bond donors (Lipinski definition) is 1. The molecule has 0 amide bonds. The van der Waals surface area contributed by atoms with Crippen LogP contribution in [0.4, 0.5) is 51.1 Å². The number of halogens is 11. The highest BCUT2D eigenvalue weighted by Crippen LogP contribution is 2.47. The first-order valence-corrected chi connectivity index (χ1v) is 27.2.